The largest absolute Gasteiger partial charge is 0.480 e. The molecule has 0 aliphatic heterocycles. The highest BCUT2D eigenvalue weighted by atomic mass is 32.1. The molecule has 84 valence electrons. The summed E-state index contributed by atoms with van der Waals surface area (Å²) < 4.78 is 0. The number of aliphatic hydroxyl groups excluding tert-OH is 1. The fraction of sp³-hybridized carbons (Fsp3) is 0.889. The van der Waals surface area contributed by atoms with Crippen LogP contribution in [0.15, 0.2) is 0 Å². The van der Waals surface area contributed by atoms with Crippen molar-refractivity contribution in [3.8, 4) is 0 Å². The molecule has 4 nitrogen and oxygen atoms in total. The molecule has 0 rings (SSSR count). The number of rotatable bonds is 9. The summed E-state index contributed by atoms with van der Waals surface area (Å²) >= 11 is 3.94. The van der Waals surface area contributed by atoms with E-state index < -0.39 is 12.0 Å². The molecule has 1 atom stereocenters. The Morgan fingerprint density at radius 2 is 1.93 bits per heavy atom. The van der Waals surface area contributed by atoms with Crippen LogP contribution in [0.3, 0.4) is 0 Å². The molecular weight excluding hydrogens is 202 g/mol. The van der Waals surface area contributed by atoms with Gasteiger partial charge in [-0.2, -0.15) is 12.6 Å². The molecule has 0 aliphatic carbocycles. The van der Waals surface area contributed by atoms with Crippen LogP contribution < -0.4 is 5.32 Å². The molecule has 0 aliphatic rings. The molecule has 3 N–H and O–H groups in total. The number of unbranched alkanes of at least 4 members (excludes halogenated alkanes) is 3. The Kier molecular flexibility index (Phi) is 9.13. The Hall–Kier alpha value is -0.260. The van der Waals surface area contributed by atoms with Crippen LogP contribution in [0.1, 0.15) is 25.7 Å². The van der Waals surface area contributed by atoms with Gasteiger partial charge in [0.05, 0.1) is 0 Å². The number of nitrogens with one attached hydrogen (secondary N) is 1. The quantitative estimate of drug-likeness (QED) is 0.338. The lowest BCUT2D eigenvalue weighted by Crippen LogP contribution is -2.38. The molecule has 0 saturated heterocycles. The van der Waals surface area contributed by atoms with Crippen LogP contribution in [-0.4, -0.2) is 41.1 Å². The average molecular weight is 221 g/mol. The maximum atomic E-state index is 10.6. The van der Waals surface area contributed by atoms with Crippen LogP contribution in [0, 0.1) is 0 Å². The Morgan fingerprint density at radius 3 is 2.43 bits per heavy atom. The van der Waals surface area contributed by atoms with Crippen molar-refractivity contribution < 1.29 is 15.0 Å². The van der Waals surface area contributed by atoms with Gasteiger partial charge in [0.15, 0.2) is 0 Å². The highest BCUT2D eigenvalue weighted by Gasteiger charge is 2.13. The molecule has 0 aromatic heterocycles. The Morgan fingerprint density at radius 1 is 1.29 bits per heavy atom. The first kappa shape index (κ1) is 13.7. The minimum atomic E-state index is -0.852. The lowest BCUT2D eigenvalue weighted by Gasteiger charge is -2.10. The van der Waals surface area contributed by atoms with E-state index >= 15 is 0 Å². The molecule has 0 spiro atoms. The summed E-state index contributed by atoms with van der Waals surface area (Å²) in [5, 5.41) is 20.1. The molecule has 14 heavy (non-hydrogen) atoms. The summed E-state index contributed by atoms with van der Waals surface area (Å²) in [5.74, 6) is -0.540. The van der Waals surface area contributed by atoms with Gasteiger partial charge in [-0.15, -0.1) is 0 Å². The van der Waals surface area contributed by atoms with Crippen LogP contribution in [0.5, 0.6) is 0 Å². The predicted octanol–water partition coefficient (Wildman–Crippen LogP) is 0.512. The van der Waals surface area contributed by atoms with Crippen molar-refractivity contribution in [1.82, 2.24) is 5.32 Å². The van der Waals surface area contributed by atoms with Gasteiger partial charge in [0, 0.05) is 12.4 Å². The monoisotopic (exact) mass is 221 g/mol. The normalized spacial score (nSPS) is 12.7. The number of aliphatic carboxylic acids is 1. The van der Waals surface area contributed by atoms with Crippen molar-refractivity contribution in [1.29, 1.82) is 0 Å². The zero-order valence-electron chi connectivity index (χ0n) is 8.28. The fourth-order valence-corrected chi connectivity index (χ4v) is 1.38. The summed E-state index contributed by atoms with van der Waals surface area (Å²) in [5.41, 5.74) is 0. The van der Waals surface area contributed by atoms with Crippen molar-refractivity contribution in [2.45, 2.75) is 31.7 Å². The van der Waals surface area contributed by atoms with E-state index in [0.29, 0.717) is 12.3 Å². The smallest absolute Gasteiger partial charge is 0.321 e. The average Bonchev–Trinajstić information content (AvgIpc) is 2.16. The zero-order chi connectivity index (χ0) is 10.8. The second-order valence-corrected chi connectivity index (χ2v) is 3.53. The van der Waals surface area contributed by atoms with E-state index in [1.165, 1.54) is 0 Å². The Balaban J connectivity index is 3.29. The molecule has 0 aromatic carbocycles. The SMILES string of the molecule is O=C(O)[C@H](CS)NCCCCCCO. The number of carbonyl (C=O) groups is 1. The number of hydrogen-bond acceptors (Lipinski definition) is 4. The summed E-state index contributed by atoms with van der Waals surface area (Å²) in [6.45, 7) is 0.935. The number of carboxylic acid groups (broad SMARTS) is 1. The molecule has 0 heterocycles. The highest BCUT2D eigenvalue weighted by Crippen LogP contribution is 1.98. The summed E-state index contributed by atoms with van der Waals surface area (Å²) in [6, 6.07) is -0.545. The molecule has 0 unspecified atom stereocenters. The highest BCUT2D eigenvalue weighted by molar-refractivity contribution is 7.80. The maximum Gasteiger partial charge on any atom is 0.321 e. The van der Waals surface area contributed by atoms with Crippen LogP contribution in [-0.2, 0) is 4.79 Å². The zero-order valence-corrected chi connectivity index (χ0v) is 9.17. The summed E-state index contributed by atoms with van der Waals surface area (Å²) in [6.07, 6.45) is 3.79. The van der Waals surface area contributed by atoms with E-state index in [9.17, 15) is 4.79 Å². The molecule has 0 amide bonds. The number of thiol groups is 1. The van der Waals surface area contributed by atoms with Crippen LogP contribution in [0.2, 0.25) is 0 Å². The second kappa shape index (κ2) is 9.30. The molecule has 0 saturated carbocycles. The lowest BCUT2D eigenvalue weighted by atomic mass is 10.2. The summed E-state index contributed by atoms with van der Waals surface area (Å²) in [4.78, 5) is 10.6. The lowest BCUT2D eigenvalue weighted by molar-refractivity contribution is -0.138. The standard InChI is InChI=1S/C9H19NO3S/c11-6-4-2-1-3-5-10-8(7-14)9(12)13/h8,10-11,14H,1-7H2,(H,12,13)/t8-/m0/s1. The number of aliphatic hydroxyl groups is 1. The Bertz CT molecular complexity index is 155. The van der Waals surface area contributed by atoms with Gasteiger partial charge in [0.2, 0.25) is 0 Å². The summed E-state index contributed by atoms with van der Waals surface area (Å²) in [7, 11) is 0. The van der Waals surface area contributed by atoms with Gasteiger partial charge in [-0.05, 0) is 19.4 Å². The van der Waals surface area contributed by atoms with Crippen molar-refractivity contribution in [3.63, 3.8) is 0 Å². The van der Waals surface area contributed by atoms with Crippen molar-refractivity contribution in [2.75, 3.05) is 18.9 Å². The second-order valence-electron chi connectivity index (χ2n) is 3.17. The third kappa shape index (κ3) is 7.17. The molecule has 0 aromatic rings. The van der Waals surface area contributed by atoms with Crippen molar-refractivity contribution >= 4 is 18.6 Å². The van der Waals surface area contributed by atoms with Crippen molar-refractivity contribution in [3.05, 3.63) is 0 Å². The molecule has 5 heteroatoms. The molecule has 0 fully saturated rings. The van der Waals surface area contributed by atoms with Crippen LogP contribution in [0.25, 0.3) is 0 Å². The van der Waals surface area contributed by atoms with Gasteiger partial charge in [0.1, 0.15) is 6.04 Å². The van der Waals surface area contributed by atoms with Gasteiger partial charge in [0.25, 0.3) is 0 Å². The van der Waals surface area contributed by atoms with Crippen LogP contribution >= 0.6 is 12.6 Å². The topological polar surface area (TPSA) is 69.6 Å². The van der Waals surface area contributed by atoms with E-state index in [1.807, 2.05) is 0 Å². The fourth-order valence-electron chi connectivity index (χ4n) is 1.10. The van der Waals surface area contributed by atoms with Gasteiger partial charge in [-0.1, -0.05) is 12.8 Å². The van der Waals surface area contributed by atoms with E-state index in [0.717, 1.165) is 25.7 Å². The van der Waals surface area contributed by atoms with Crippen LogP contribution in [0.4, 0.5) is 0 Å². The number of hydrogen-bond donors (Lipinski definition) is 4. The first-order valence-electron chi connectivity index (χ1n) is 4.90. The first-order valence-corrected chi connectivity index (χ1v) is 5.53. The number of carboxylic acids is 1. The van der Waals surface area contributed by atoms with Gasteiger partial charge in [-0.3, -0.25) is 4.79 Å². The Labute approximate surface area is 90.1 Å². The predicted molar refractivity (Wildman–Crippen MR) is 58.8 cm³/mol. The van der Waals surface area contributed by atoms with E-state index in [-0.39, 0.29) is 6.61 Å². The minimum absolute atomic E-state index is 0.238. The van der Waals surface area contributed by atoms with Gasteiger partial charge >= 0.3 is 5.97 Å². The molecular formula is C9H19NO3S. The minimum Gasteiger partial charge on any atom is -0.480 e. The third-order valence-corrected chi connectivity index (χ3v) is 2.32. The molecule has 0 radical (unpaired) electrons. The van der Waals surface area contributed by atoms with Gasteiger partial charge in [-0.25, -0.2) is 0 Å². The van der Waals surface area contributed by atoms with E-state index in [4.69, 9.17) is 10.2 Å². The third-order valence-electron chi connectivity index (χ3n) is 1.96. The van der Waals surface area contributed by atoms with E-state index in [1.54, 1.807) is 0 Å². The van der Waals surface area contributed by atoms with Crippen molar-refractivity contribution in [2.24, 2.45) is 0 Å². The van der Waals surface area contributed by atoms with Gasteiger partial charge < -0.3 is 15.5 Å². The molecule has 0 bridgehead atoms. The maximum absolute atomic E-state index is 10.6. The first-order chi connectivity index (χ1) is 6.72. The van der Waals surface area contributed by atoms with E-state index in [2.05, 4.69) is 17.9 Å².